The van der Waals surface area contributed by atoms with Gasteiger partial charge >= 0.3 is 0 Å². The largest absolute Gasteiger partial charge is 0.456 e. The minimum absolute atomic E-state index is 0.0941. The number of benzene rings is 2. The van der Waals surface area contributed by atoms with Crippen molar-refractivity contribution in [2.75, 3.05) is 0 Å². The summed E-state index contributed by atoms with van der Waals surface area (Å²) >= 11 is 0. The molecule has 5 heteroatoms. The Kier molecular flexibility index (Phi) is 4.53. The first-order valence-corrected chi connectivity index (χ1v) is 9.67. The zero-order valence-corrected chi connectivity index (χ0v) is 16.9. The highest BCUT2D eigenvalue weighted by molar-refractivity contribution is 5.99. The predicted molar refractivity (Wildman–Crippen MR) is 112 cm³/mol. The number of rotatable bonds is 4. The van der Waals surface area contributed by atoms with Crippen LogP contribution in [0.3, 0.4) is 0 Å². The molecule has 1 heterocycles. The van der Waals surface area contributed by atoms with Gasteiger partial charge in [-0.3, -0.25) is 9.59 Å². The smallest absolute Gasteiger partial charge is 0.252 e. The highest BCUT2D eigenvalue weighted by atomic mass is 16.5. The van der Waals surface area contributed by atoms with E-state index in [1.165, 1.54) is 0 Å². The van der Waals surface area contributed by atoms with Crippen LogP contribution in [0.5, 0.6) is 11.5 Å². The lowest BCUT2D eigenvalue weighted by Crippen LogP contribution is -2.27. The predicted octanol–water partition coefficient (Wildman–Crippen LogP) is 4.83. The maximum absolute atomic E-state index is 12.7. The van der Waals surface area contributed by atoms with Crippen LogP contribution in [0.1, 0.15) is 52.4 Å². The lowest BCUT2D eigenvalue weighted by molar-refractivity contribution is 0.0910. The summed E-state index contributed by atoms with van der Waals surface area (Å²) in [6.07, 6.45) is 1.35. The lowest BCUT2D eigenvalue weighted by atomic mass is 9.76. The molecule has 0 bridgehead atoms. The number of aromatic nitrogens is 1. The Bertz CT molecular complexity index is 1110. The van der Waals surface area contributed by atoms with Crippen LogP contribution in [0.25, 0.3) is 5.69 Å². The van der Waals surface area contributed by atoms with E-state index < -0.39 is 5.91 Å². The summed E-state index contributed by atoms with van der Waals surface area (Å²) in [6.45, 7) is 6.21. The van der Waals surface area contributed by atoms with Gasteiger partial charge in [-0.2, -0.15) is 0 Å². The normalized spacial score (nSPS) is 15.1. The van der Waals surface area contributed by atoms with Crippen molar-refractivity contribution in [1.82, 2.24) is 4.57 Å². The first-order chi connectivity index (χ1) is 13.7. The third kappa shape index (κ3) is 3.56. The summed E-state index contributed by atoms with van der Waals surface area (Å²) in [7, 11) is 0. The number of Topliss-reactive ketones (excluding diaryl/α,β-unsaturated/α-hetero) is 1. The molecule has 0 saturated carbocycles. The van der Waals surface area contributed by atoms with E-state index in [1.807, 2.05) is 55.5 Å². The first-order valence-electron chi connectivity index (χ1n) is 9.67. The Morgan fingerprint density at radius 2 is 1.79 bits per heavy atom. The number of nitrogens with two attached hydrogens (primary N) is 1. The second kappa shape index (κ2) is 6.92. The van der Waals surface area contributed by atoms with Crippen LogP contribution in [-0.2, 0) is 6.42 Å². The average Bonchev–Trinajstić information content (AvgIpc) is 2.97. The number of para-hydroxylation sites is 1. The van der Waals surface area contributed by atoms with Gasteiger partial charge in [-0.25, -0.2) is 0 Å². The van der Waals surface area contributed by atoms with Gasteiger partial charge in [-0.05, 0) is 49.1 Å². The van der Waals surface area contributed by atoms with Crippen molar-refractivity contribution in [3.8, 4) is 17.2 Å². The first kappa shape index (κ1) is 19.0. The van der Waals surface area contributed by atoms with Crippen molar-refractivity contribution in [3.05, 3.63) is 77.1 Å². The van der Waals surface area contributed by atoms with E-state index in [1.54, 1.807) is 6.07 Å². The summed E-state index contributed by atoms with van der Waals surface area (Å²) in [4.78, 5) is 24.6. The Morgan fingerprint density at radius 1 is 1.07 bits per heavy atom. The van der Waals surface area contributed by atoms with E-state index in [2.05, 4.69) is 18.4 Å². The molecule has 148 valence electrons. The fourth-order valence-electron chi connectivity index (χ4n) is 4.06. The van der Waals surface area contributed by atoms with E-state index in [9.17, 15) is 9.59 Å². The van der Waals surface area contributed by atoms with Crippen molar-refractivity contribution in [3.63, 3.8) is 0 Å². The van der Waals surface area contributed by atoms with Gasteiger partial charge in [-0.15, -0.1) is 0 Å². The topological polar surface area (TPSA) is 74.3 Å². The molecule has 0 saturated heterocycles. The van der Waals surface area contributed by atoms with Crippen molar-refractivity contribution >= 4 is 11.7 Å². The Morgan fingerprint density at radius 3 is 2.48 bits per heavy atom. The molecule has 1 amide bonds. The minimum Gasteiger partial charge on any atom is -0.456 e. The van der Waals surface area contributed by atoms with Crippen LogP contribution in [0.15, 0.2) is 54.6 Å². The molecule has 4 rings (SSSR count). The van der Waals surface area contributed by atoms with E-state index in [0.29, 0.717) is 23.5 Å². The van der Waals surface area contributed by atoms with Gasteiger partial charge in [0.15, 0.2) is 5.78 Å². The fourth-order valence-corrected chi connectivity index (χ4v) is 4.06. The van der Waals surface area contributed by atoms with Crippen LogP contribution in [0.4, 0.5) is 0 Å². The molecule has 3 aromatic rings. The van der Waals surface area contributed by atoms with E-state index in [4.69, 9.17) is 10.5 Å². The van der Waals surface area contributed by atoms with Crippen LogP contribution < -0.4 is 10.5 Å². The van der Waals surface area contributed by atoms with Crippen LogP contribution in [0.2, 0.25) is 0 Å². The molecule has 2 aromatic carbocycles. The molecule has 2 N–H and O–H groups in total. The third-order valence-corrected chi connectivity index (χ3v) is 5.33. The molecule has 0 unspecified atom stereocenters. The maximum atomic E-state index is 12.7. The molecular weight excluding hydrogens is 364 g/mol. The summed E-state index contributed by atoms with van der Waals surface area (Å²) in [5.41, 5.74) is 9.37. The van der Waals surface area contributed by atoms with Gasteiger partial charge < -0.3 is 15.0 Å². The van der Waals surface area contributed by atoms with E-state index >= 15 is 0 Å². The van der Waals surface area contributed by atoms with Gasteiger partial charge in [0.2, 0.25) is 0 Å². The molecule has 0 atom stereocenters. The number of ether oxygens (including phenoxy) is 1. The summed E-state index contributed by atoms with van der Waals surface area (Å²) in [5, 5.41) is 0. The number of nitrogens with zero attached hydrogens (tertiary/aromatic N) is 1. The molecule has 0 spiro atoms. The summed E-state index contributed by atoms with van der Waals surface area (Å²) < 4.78 is 8.05. The van der Waals surface area contributed by atoms with E-state index in [0.717, 1.165) is 29.1 Å². The molecule has 5 nitrogen and oxygen atoms in total. The average molecular weight is 388 g/mol. The number of primary amides is 1. The lowest BCUT2D eigenvalue weighted by Gasteiger charge is -2.30. The number of amides is 1. The summed E-state index contributed by atoms with van der Waals surface area (Å²) in [5.74, 6) is 0.636. The summed E-state index contributed by atoms with van der Waals surface area (Å²) in [6, 6.07) is 16.6. The van der Waals surface area contributed by atoms with Crippen molar-refractivity contribution in [2.45, 2.75) is 33.6 Å². The van der Waals surface area contributed by atoms with Gasteiger partial charge in [0, 0.05) is 35.1 Å². The maximum Gasteiger partial charge on any atom is 0.252 e. The Labute approximate surface area is 170 Å². The van der Waals surface area contributed by atoms with Crippen LogP contribution >= 0.6 is 0 Å². The molecule has 29 heavy (non-hydrogen) atoms. The number of carbonyl (C=O) groups is 2. The van der Waals surface area contributed by atoms with Crippen LogP contribution in [0, 0.1) is 12.3 Å². The number of fused-ring (bicyclic) bond motifs is 1. The minimum atomic E-state index is -0.551. The standard InChI is InChI=1S/C24H24N2O3/c1-15-11-19-20(13-24(2,3)14-21(19)27)26(15)16-9-10-18(23(25)28)22(12-16)29-17-7-5-4-6-8-17/h4-12H,13-14H2,1-3H3,(H2,25,28). The van der Waals surface area contributed by atoms with Gasteiger partial charge in [0.05, 0.1) is 5.56 Å². The van der Waals surface area contributed by atoms with Gasteiger partial charge in [0.25, 0.3) is 5.91 Å². The van der Waals surface area contributed by atoms with Crippen molar-refractivity contribution in [1.29, 1.82) is 0 Å². The number of aryl methyl sites for hydroxylation is 1. The second-order valence-electron chi connectivity index (χ2n) is 8.38. The number of hydrogen-bond donors (Lipinski definition) is 1. The zero-order valence-electron chi connectivity index (χ0n) is 16.9. The zero-order chi connectivity index (χ0) is 20.8. The van der Waals surface area contributed by atoms with Gasteiger partial charge in [0.1, 0.15) is 11.5 Å². The molecule has 1 aromatic heterocycles. The molecule has 0 fully saturated rings. The SMILES string of the molecule is Cc1cc2c(n1-c1ccc(C(N)=O)c(Oc3ccccc3)c1)CC(C)(C)CC2=O. The number of hydrogen-bond acceptors (Lipinski definition) is 3. The third-order valence-electron chi connectivity index (χ3n) is 5.33. The van der Waals surface area contributed by atoms with Crippen molar-refractivity contribution < 1.29 is 14.3 Å². The fraction of sp³-hybridized carbons (Fsp3) is 0.250. The van der Waals surface area contributed by atoms with Crippen LogP contribution in [-0.4, -0.2) is 16.3 Å². The monoisotopic (exact) mass is 388 g/mol. The number of ketones is 1. The molecule has 1 aliphatic carbocycles. The highest BCUT2D eigenvalue weighted by Crippen LogP contribution is 2.38. The number of carbonyl (C=O) groups excluding carboxylic acids is 2. The second-order valence-corrected chi connectivity index (χ2v) is 8.38. The van der Waals surface area contributed by atoms with Gasteiger partial charge in [-0.1, -0.05) is 32.0 Å². The Hall–Kier alpha value is -3.34. The van der Waals surface area contributed by atoms with E-state index in [-0.39, 0.29) is 11.2 Å². The molecule has 0 aliphatic heterocycles. The Balaban J connectivity index is 1.84. The highest BCUT2D eigenvalue weighted by Gasteiger charge is 2.34. The van der Waals surface area contributed by atoms with Crippen molar-refractivity contribution in [2.24, 2.45) is 11.1 Å². The molecule has 1 aliphatic rings. The molecular formula is C24H24N2O3. The quantitative estimate of drug-likeness (QED) is 0.695. The molecule has 0 radical (unpaired) electrons.